The van der Waals surface area contributed by atoms with Gasteiger partial charge >= 0.3 is 16.3 Å². The molecule has 2 aliphatic heterocycles. The molecule has 17 nitrogen and oxygen atoms in total. The summed E-state index contributed by atoms with van der Waals surface area (Å²) >= 11 is 6.91. The molecule has 2 fully saturated rings. The number of nitrogens with zero attached hydrogens (tertiary/aromatic N) is 4. The SMILES string of the molecule is C[C@H]1[C@H](NC(=O)C(=NOC(COc2ccc(C(N)=NC3CCNC3)cc2)C(=O)O)c2nc(N)sc2Cl)C(=O)N1S(=O)(=O)O. The molecular weight excluding hydrogens is 632 g/mol. The van der Waals surface area contributed by atoms with Crippen LogP contribution in [-0.4, -0.2) is 101 Å². The second kappa shape index (κ2) is 13.1. The molecular formula is C23H27ClN8O9S2. The Bertz CT molecular complexity index is 1560. The number of β-lactam (4-membered cyclic amide) rings is 1. The van der Waals surface area contributed by atoms with Crippen molar-refractivity contribution in [2.75, 3.05) is 25.4 Å². The minimum absolute atomic E-state index is 0.0571. The summed E-state index contributed by atoms with van der Waals surface area (Å²) in [6.45, 7) is 2.34. The van der Waals surface area contributed by atoms with Crippen molar-refractivity contribution in [3.63, 3.8) is 0 Å². The number of carbonyl (C=O) groups excluding carboxylic acids is 2. The van der Waals surface area contributed by atoms with E-state index in [9.17, 15) is 32.5 Å². The van der Waals surface area contributed by atoms with Crippen molar-refractivity contribution in [2.24, 2.45) is 15.9 Å². The van der Waals surface area contributed by atoms with Gasteiger partial charge in [-0.05, 0) is 44.2 Å². The third-order valence-electron chi connectivity index (χ3n) is 6.37. The number of nitrogens with one attached hydrogen (secondary N) is 2. The smallest absolute Gasteiger partial charge is 0.362 e. The van der Waals surface area contributed by atoms with Crippen molar-refractivity contribution in [3.8, 4) is 5.75 Å². The van der Waals surface area contributed by atoms with Gasteiger partial charge in [0.15, 0.2) is 10.8 Å². The number of aromatic nitrogens is 1. The highest BCUT2D eigenvalue weighted by Gasteiger charge is 2.51. The van der Waals surface area contributed by atoms with Crippen LogP contribution >= 0.6 is 22.9 Å². The Morgan fingerprint density at radius 1 is 1.35 bits per heavy atom. The third kappa shape index (κ3) is 7.49. The zero-order valence-electron chi connectivity index (χ0n) is 22.3. The fraction of sp³-hybridized carbons (Fsp3) is 0.391. The lowest BCUT2D eigenvalue weighted by atomic mass is 10.0. The van der Waals surface area contributed by atoms with Gasteiger partial charge in [0, 0.05) is 12.1 Å². The van der Waals surface area contributed by atoms with E-state index in [1.165, 1.54) is 6.92 Å². The summed E-state index contributed by atoms with van der Waals surface area (Å²) in [6.07, 6.45) is -0.838. The number of benzene rings is 1. The summed E-state index contributed by atoms with van der Waals surface area (Å²) < 4.78 is 37.5. The van der Waals surface area contributed by atoms with E-state index in [0.29, 0.717) is 11.4 Å². The molecule has 8 N–H and O–H groups in total. The quantitative estimate of drug-likeness (QED) is 0.0538. The molecule has 4 rings (SSSR count). The number of carboxylic acids is 1. The van der Waals surface area contributed by atoms with E-state index in [0.717, 1.165) is 30.8 Å². The predicted octanol–water partition coefficient (Wildman–Crippen LogP) is -0.783. The van der Waals surface area contributed by atoms with Crippen molar-refractivity contribution < 1.29 is 42.0 Å². The van der Waals surface area contributed by atoms with Gasteiger partial charge in [-0.1, -0.05) is 28.1 Å². The second-order valence-electron chi connectivity index (χ2n) is 9.35. The maximum atomic E-state index is 13.1. The Morgan fingerprint density at radius 2 is 2.05 bits per heavy atom. The molecule has 2 saturated heterocycles. The number of nitrogen functional groups attached to an aromatic ring is 1. The summed E-state index contributed by atoms with van der Waals surface area (Å²) in [5, 5.41) is 18.7. The zero-order valence-corrected chi connectivity index (χ0v) is 24.7. The minimum Gasteiger partial charge on any atom is -0.489 e. The van der Waals surface area contributed by atoms with Gasteiger partial charge in [-0.2, -0.15) is 8.42 Å². The number of ether oxygens (including phenoxy) is 1. The number of hydrogen-bond donors (Lipinski definition) is 6. The molecule has 4 atom stereocenters. The van der Waals surface area contributed by atoms with Gasteiger partial charge in [0.25, 0.3) is 17.9 Å². The Morgan fingerprint density at radius 3 is 2.58 bits per heavy atom. The Balaban J connectivity index is 1.46. The van der Waals surface area contributed by atoms with Crippen LogP contribution in [0.2, 0.25) is 4.34 Å². The minimum atomic E-state index is -4.85. The van der Waals surface area contributed by atoms with Crippen LogP contribution in [0.3, 0.4) is 0 Å². The Kier molecular flexibility index (Phi) is 9.70. The third-order valence-corrected chi connectivity index (χ3v) is 8.46. The van der Waals surface area contributed by atoms with Crippen molar-refractivity contribution in [2.45, 2.75) is 37.6 Å². The lowest BCUT2D eigenvalue weighted by molar-refractivity contribution is -0.152. The first-order valence-corrected chi connectivity index (χ1v) is 15.1. The number of hydrogen-bond acceptors (Lipinski definition) is 13. The van der Waals surface area contributed by atoms with Crippen LogP contribution in [0, 0.1) is 0 Å². The summed E-state index contributed by atoms with van der Waals surface area (Å²) in [7, 11) is -4.85. The molecule has 0 saturated carbocycles. The van der Waals surface area contributed by atoms with E-state index in [-0.39, 0.29) is 31.3 Å². The van der Waals surface area contributed by atoms with Crippen LogP contribution in [0.5, 0.6) is 5.75 Å². The maximum Gasteiger partial charge on any atom is 0.362 e. The number of amides is 2. The number of nitrogens with two attached hydrogens (primary N) is 2. The Hall–Kier alpha value is -4.04. The monoisotopic (exact) mass is 658 g/mol. The fourth-order valence-corrected chi connectivity index (χ4v) is 5.96. The first-order chi connectivity index (χ1) is 20.3. The van der Waals surface area contributed by atoms with Gasteiger partial charge in [0.1, 0.15) is 34.3 Å². The normalized spacial score (nSPS) is 21.7. The van der Waals surface area contributed by atoms with E-state index in [1.807, 2.05) is 0 Å². The van der Waals surface area contributed by atoms with E-state index >= 15 is 0 Å². The molecule has 0 spiro atoms. The molecule has 0 aliphatic carbocycles. The number of halogens is 1. The lowest BCUT2D eigenvalue weighted by Gasteiger charge is -2.42. The lowest BCUT2D eigenvalue weighted by Crippen LogP contribution is -2.71. The van der Waals surface area contributed by atoms with Crippen LogP contribution in [0.15, 0.2) is 34.4 Å². The molecule has 0 bridgehead atoms. The number of carboxylic acid groups (broad SMARTS) is 1. The number of oxime groups is 1. The average molecular weight is 659 g/mol. The highest BCUT2D eigenvalue weighted by atomic mass is 35.5. The van der Waals surface area contributed by atoms with Crippen LogP contribution < -0.4 is 26.8 Å². The van der Waals surface area contributed by atoms with Crippen LogP contribution in [-0.2, 0) is 29.5 Å². The van der Waals surface area contributed by atoms with Crippen molar-refractivity contribution >= 4 is 67.7 Å². The van der Waals surface area contributed by atoms with Crippen LogP contribution in [0.1, 0.15) is 24.6 Å². The standard InChI is InChI=1S/C23H27ClN8O9S2/c1-10-15(21(34)32(10)43(37,38)39)29-20(33)17(16-18(24)42-23(26)30-16)31-41-14(22(35)36)9-40-13-4-2-11(3-5-13)19(25)28-12-6-7-27-8-12/h2-5,10,12,14-15,27H,6-9H2,1H3,(H2,25,28)(H2,26,30)(H,29,33)(H,35,36)(H,37,38,39)/t10-,12?,14?,15-/m0/s1. The van der Waals surface area contributed by atoms with Gasteiger partial charge in [-0.3, -0.25) is 19.1 Å². The van der Waals surface area contributed by atoms with Crippen molar-refractivity contribution in [1.82, 2.24) is 19.9 Å². The van der Waals surface area contributed by atoms with E-state index < -0.39 is 58.6 Å². The molecule has 2 unspecified atom stereocenters. The largest absolute Gasteiger partial charge is 0.489 e. The van der Waals surface area contributed by atoms with Crippen LogP contribution in [0.25, 0.3) is 0 Å². The average Bonchev–Trinajstić information content (AvgIpc) is 3.57. The molecule has 2 amide bonds. The number of amidine groups is 1. The molecule has 2 aromatic rings. The van der Waals surface area contributed by atoms with Crippen molar-refractivity contribution in [3.05, 3.63) is 39.9 Å². The number of aliphatic carboxylic acids is 1. The van der Waals surface area contributed by atoms with Gasteiger partial charge in [0.05, 0.1) is 12.1 Å². The van der Waals surface area contributed by atoms with Gasteiger partial charge in [-0.15, -0.1) is 0 Å². The molecule has 1 aromatic carbocycles. The first kappa shape index (κ1) is 31.9. The van der Waals surface area contributed by atoms with E-state index in [1.54, 1.807) is 24.3 Å². The topological polar surface area (TPSA) is 261 Å². The predicted molar refractivity (Wildman–Crippen MR) is 154 cm³/mol. The molecule has 2 aliphatic rings. The molecule has 3 heterocycles. The molecule has 232 valence electrons. The van der Waals surface area contributed by atoms with Gasteiger partial charge in [0.2, 0.25) is 0 Å². The molecule has 43 heavy (non-hydrogen) atoms. The Labute approximate surface area is 253 Å². The number of anilines is 1. The maximum absolute atomic E-state index is 13.1. The second-order valence-corrected chi connectivity index (χ2v) is 12.3. The van der Waals surface area contributed by atoms with Gasteiger partial charge in [-0.25, -0.2) is 14.1 Å². The van der Waals surface area contributed by atoms with Gasteiger partial charge < -0.3 is 36.8 Å². The highest BCUT2D eigenvalue weighted by molar-refractivity contribution is 7.84. The van der Waals surface area contributed by atoms with E-state index in [4.69, 9.17) is 32.6 Å². The first-order valence-electron chi connectivity index (χ1n) is 12.5. The number of aliphatic imine (C=N–C) groups is 1. The van der Waals surface area contributed by atoms with Crippen LogP contribution in [0.4, 0.5) is 5.13 Å². The number of carbonyl (C=O) groups is 3. The van der Waals surface area contributed by atoms with Crippen molar-refractivity contribution in [1.29, 1.82) is 0 Å². The summed E-state index contributed by atoms with van der Waals surface area (Å²) in [4.78, 5) is 50.7. The molecule has 0 radical (unpaired) electrons. The van der Waals surface area contributed by atoms with E-state index in [2.05, 4.69) is 25.8 Å². The highest BCUT2D eigenvalue weighted by Crippen LogP contribution is 2.28. The molecule has 20 heteroatoms. The molecule has 1 aromatic heterocycles. The number of thiazole rings is 1. The zero-order chi connectivity index (χ0) is 31.5. The summed E-state index contributed by atoms with van der Waals surface area (Å²) in [5.41, 5.74) is 11.5. The summed E-state index contributed by atoms with van der Waals surface area (Å²) in [6, 6.07) is 4.04. The fourth-order valence-electron chi connectivity index (χ4n) is 4.15. The summed E-state index contributed by atoms with van der Waals surface area (Å²) in [5.74, 6) is -3.07. The number of rotatable bonds is 12.